The van der Waals surface area contributed by atoms with Gasteiger partial charge in [-0.05, 0) is 51.5 Å². The van der Waals surface area contributed by atoms with Crippen LogP contribution in [-0.4, -0.2) is 62.2 Å². The van der Waals surface area contributed by atoms with Crippen LogP contribution in [0.2, 0.25) is 0 Å². The molecule has 13 heteroatoms. The number of aromatic nitrogens is 3. The highest BCUT2D eigenvalue weighted by molar-refractivity contribution is 6.00. The van der Waals surface area contributed by atoms with Gasteiger partial charge in [0.15, 0.2) is 0 Å². The highest BCUT2D eigenvalue weighted by Crippen LogP contribution is 2.31. The van der Waals surface area contributed by atoms with Gasteiger partial charge in [-0.25, -0.2) is 8.91 Å². The second kappa shape index (κ2) is 10.3. The Morgan fingerprint density at radius 1 is 1.24 bits per heavy atom. The molecule has 0 saturated carbocycles. The minimum absolute atomic E-state index is 0.0435. The first-order chi connectivity index (χ1) is 17.1. The third kappa shape index (κ3) is 6.33. The zero-order valence-corrected chi connectivity index (χ0v) is 20.4. The van der Waals surface area contributed by atoms with Crippen LogP contribution in [0.3, 0.4) is 0 Å². The minimum atomic E-state index is -4.63. The predicted octanol–water partition coefficient (Wildman–Crippen LogP) is 3.19. The second-order valence-electron chi connectivity index (χ2n) is 9.45. The van der Waals surface area contributed by atoms with Gasteiger partial charge < -0.3 is 21.5 Å². The molecule has 198 valence electrons. The van der Waals surface area contributed by atoms with Crippen LogP contribution in [0, 0.1) is 11.3 Å². The van der Waals surface area contributed by atoms with E-state index in [0.29, 0.717) is 22.5 Å². The first-order valence-electron chi connectivity index (χ1n) is 11.3. The summed E-state index contributed by atoms with van der Waals surface area (Å²) < 4.78 is 55.2. The van der Waals surface area contributed by atoms with Gasteiger partial charge in [0.2, 0.25) is 0 Å². The lowest BCUT2D eigenvalue weighted by atomic mass is 9.98. The molecule has 0 aliphatic heterocycles. The molecule has 3 aromatic heterocycles. The maximum Gasteiger partial charge on any atom is 0.406 e. The van der Waals surface area contributed by atoms with Crippen molar-refractivity contribution in [1.29, 1.82) is 5.26 Å². The van der Waals surface area contributed by atoms with Crippen LogP contribution in [0.5, 0.6) is 0 Å². The van der Waals surface area contributed by atoms with E-state index in [2.05, 4.69) is 20.7 Å². The fourth-order valence-corrected chi connectivity index (χ4v) is 3.30. The van der Waals surface area contributed by atoms with Gasteiger partial charge in [0.1, 0.15) is 17.8 Å². The number of anilines is 1. The van der Waals surface area contributed by atoms with Gasteiger partial charge >= 0.3 is 6.18 Å². The molecular formula is C24H27F4N7O2. The standard InChI is InChI=1S/C24H27F4N7O2/c1-22(2,37)20(25)13-33-21(36)16-12-32-18(9-17(16)31-7-6-23(3,30)24(26,27)28)19-5-4-15-8-14(10-29)11-34-35(15)19/h4-5,8-9,11-12,20,37H,6-7,13,30H2,1-3H3,(H,31,32)(H,33,36)/t20-,23?/m1/s1. The number of rotatable bonds is 9. The summed E-state index contributed by atoms with van der Waals surface area (Å²) in [6, 6.07) is 8.47. The van der Waals surface area contributed by atoms with Crippen molar-refractivity contribution < 1.29 is 27.5 Å². The van der Waals surface area contributed by atoms with E-state index in [0.717, 1.165) is 6.92 Å². The number of pyridine rings is 1. The Morgan fingerprint density at radius 3 is 2.57 bits per heavy atom. The number of carbonyl (C=O) groups excluding carboxylic acids is 1. The number of fused-ring (bicyclic) bond motifs is 1. The highest BCUT2D eigenvalue weighted by atomic mass is 19.4. The number of halogens is 4. The minimum Gasteiger partial charge on any atom is -0.387 e. The van der Waals surface area contributed by atoms with Gasteiger partial charge in [0.25, 0.3) is 5.91 Å². The van der Waals surface area contributed by atoms with E-state index in [1.165, 1.54) is 36.8 Å². The Hall–Kier alpha value is -3.76. The van der Waals surface area contributed by atoms with Gasteiger partial charge in [-0.3, -0.25) is 9.78 Å². The van der Waals surface area contributed by atoms with Crippen molar-refractivity contribution in [1.82, 2.24) is 19.9 Å². The quantitative estimate of drug-likeness (QED) is 0.317. The Morgan fingerprint density at radius 2 is 1.95 bits per heavy atom. The maximum atomic E-state index is 14.1. The number of amides is 1. The number of nitrogens with zero attached hydrogens (tertiary/aromatic N) is 4. The molecular weight excluding hydrogens is 494 g/mol. The lowest BCUT2D eigenvalue weighted by molar-refractivity contribution is -0.181. The zero-order chi connectivity index (χ0) is 27.6. The van der Waals surface area contributed by atoms with E-state index in [1.54, 1.807) is 18.2 Å². The average molecular weight is 522 g/mol. The molecule has 5 N–H and O–H groups in total. The van der Waals surface area contributed by atoms with Crippen molar-refractivity contribution in [2.75, 3.05) is 18.4 Å². The summed E-state index contributed by atoms with van der Waals surface area (Å²) in [6.45, 7) is 2.66. The van der Waals surface area contributed by atoms with Crippen LogP contribution in [0.25, 0.3) is 16.9 Å². The third-order valence-corrected chi connectivity index (χ3v) is 5.86. The maximum absolute atomic E-state index is 14.1. The smallest absolute Gasteiger partial charge is 0.387 e. The molecule has 0 bridgehead atoms. The molecule has 9 nitrogen and oxygen atoms in total. The molecule has 0 saturated heterocycles. The SMILES string of the molecule is CC(C)(O)[C@H](F)CNC(=O)c1cnc(-c2ccc3cc(C#N)cnn23)cc1NCCC(C)(N)C(F)(F)F. The number of nitrogens with two attached hydrogens (primary N) is 1. The van der Waals surface area contributed by atoms with E-state index >= 15 is 0 Å². The van der Waals surface area contributed by atoms with Crippen LogP contribution >= 0.6 is 0 Å². The largest absolute Gasteiger partial charge is 0.406 e. The first-order valence-corrected chi connectivity index (χ1v) is 11.3. The van der Waals surface area contributed by atoms with E-state index in [4.69, 9.17) is 11.0 Å². The summed E-state index contributed by atoms with van der Waals surface area (Å²) >= 11 is 0. The molecule has 0 aliphatic carbocycles. The number of hydrogen-bond donors (Lipinski definition) is 4. The molecule has 0 spiro atoms. The Bertz CT molecular complexity index is 1320. The summed E-state index contributed by atoms with van der Waals surface area (Å²) in [7, 11) is 0. The monoisotopic (exact) mass is 521 g/mol. The number of aliphatic hydroxyl groups is 1. The van der Waals surface area contributed by atoms with Crippen LogP contribution in [0.15, 0.2) is 36.7 Å². The lowest BCUT2D eigenvalue weighted by Crippen LogP contribution is -2.51. The van der Waals surface area contributed by atoms with Crippen molar-refractivity contribution in [3.63, 3.8) is 0 Å². The molecule has 3 aromatic rings. The topological polar surface area (TPSA) is 141 Å². The number of nitrogens with one attached hydrogen (secondary N) is 2. The van der Waals surface area contributed by atoms with Crippen LogP contribution in [-0.2, 0) is 0 Å². The lowest BCUT2D eigenvalue weighted by Gasteiger charge is -2.28. The normalized spacial score (nSPS) is 14.6. The van der Waals surface area contributed by atoms with E-state index < -0.39 is 42.4 Å². The van der Waals surface area contributed by atoms with Crippen molar-refractivity contribution >= 4 is 17.1 Å². The predicted molar refractivity (Wildman–Crippen MR) is 128 cm³/mol. The van der Waals surface area contributed by atoms with Crippen LogP contribution < -0.4 is 16.4 Å². The summed E-state index contributed by atoms with van der Waals surface area (Å²) in [6.07, 6.45) is -4.32. The molecule has 3 rings (SSSR count). The summed E-state index contributed by atoms with van der Waals surface area (Å²) in [5.74, 6) is -0.739. The fourth-order valence-electron chi connectivity index (χ4n) is 3.30. The molecule has 0 aromatic carbocycles. The van der Waals surface area contributed by atoms with Gasteiger partial charge in [-0.15, -0.1) is 0 Å². The fraction of sp³-hybridized carbons (Fsp3) is 0.417. The van der Waals surface area contributed by atoms with Gasteiger partial charge in [0, 0.05) is 12.7 Å². The number of nitriles is 1. The van der Waals surface area contributed by atoms with E-state index in [1.807, 2.05) is 6.07 Å². The molecule has 1 unspecified atom stereocenters. The number of hydrogen-bond acceptors (Lipinski definition) is 7. The molecule has 2 atom stereocenters. The summed E-state index contributed by atoms with van der Waals surface area (Å²) in [5.41, 5.74) is 3.16. The molecule has 3 heterocycles. The first kappa shape index (κ1) is 27.8. The number of carbonyl (C=O) groups is 1. The van der Waals surface area contributed by atoms with Crippen molar-refractivity contribution in [3.05, 3.63) is 47.8 Å². The number of alkyl halides is 4. The Labute approximate surface area is 210 Å². The molecule has 0 aliphatic rings. The van der Waals surface area contributed by atoms with Crippen LogP contribution in [0.1, 0.15) is 43.1 Å². The van der Waals surface area contributed by atoms with Crippen LogP contribution in [0.4, 0.5) is 23.2 Å². The molecule has 0 fully saturated rings. The van der Waals surface area contributed by atoms with E-state index in [-0.39, 0.29) is 17.8 Å². The van der Waals surface area contributed by atoms with Crippen molar-refractivity contribution in [2.24, 2.45) is 5.73 Å². The molecule has 37 heavy (non-hydrogen) atoms. The average Bonchev–Trinajstić information content (AvgIpc) is 3.24. The van der Waals surface area contributed by atoms with Gasteiger partial charge in [0.05, 0.1) is 52.1 Å². The second-order valence-corrected chi connectivity index (χ2v) is 9.45. The third-order valence-electron chi connectivity index (χ3n) is 5.86. The zero-order valence-electron chi connectivity index (χ0n) is 20.4. The highest BCUT2D eigenvalue weighted by Gasteiger charge is 2.47. The van der Waals surface area contributed by atoms with Gasteiger partial charge in [-0.2, -0.15) is 23.5 Å². The Kier molecular flexibility index (Phi) is 7.75. The summed E-state index contributed by atoms with van der Waals surface area (Å²) in [4.78, 5) is 17.1. The summed E-state index contributed by atoms with van der Waals surface area (Å²) in [5, 5.41) is 28.2. The van der Waals surface area contributed by atoms with E-state index in [9.17, 15) is 27.5 Å². The molecule has 0 radical (unpaired) electrons. The van der Waals surface area contributed by atoms with Crippen molar-refractivity contribution in [2.45, 2.75) is 50.7 Å². The van der Waals surface area contributed by atoms with Gasteiger partial charge in [-0.1, -0.05) is 0 Å². The Balaban J connectivity index is 1.93. The molecule has 1 amide bonds. The van der Waals surface area contributed by atoms with Crippen molar-refractivity contribution in [3.8, 4) is 17.5 Å².